The minimum absolute atomic E-state index is 0.0202. The van der Waals surface area contributed by atoms with Gasteiger partial charge in [0.2, 0.25) is 11.8 Å². The number of rotatable bonds is 6. The third-order valence-corrected chi connectivity index (χ3v) is 4.19. The van der Waals surface area contributed by atoms with Crippen LogP contribution in [0.15, 0.2) is 30.9 Å². The number of hydrogen-bond acceptors (Lipinski definition) is 2. The van der Waals surface area contributed by atoms with Crippen LogP contribution in [0.4, 0.5) is 15.8 Å². The SMILES string of the molecule is C=CC(=O)Nc1cc(NC(=O)C2(CCC)CCC2)ccc1F. The van der Waals surface area contributed by atoms with Gasteiger partial charge in [0, 0.05) is 11.1 Å². The summed E-state index contributed by atoms with van der Waals surface area (Å²) in [6.07, 6.45) is 5.74. The Morgan fingerprint density at radius 2 is 2.09 bits per heavy atom. The zero-order valence-corrected chi connectivity index (χ0v) is 12.7. The van der Waals surface area contributed by atoms with Crippen molar-refractivity contribution in [2.75, 3.05) is 10.6 Å². The van der Waals surface area contributed by atoms with Gasteiger partial charge in [-0.05, 0) is 43.5 Å². The predicted octanol–water partition coefficient (Wildman–Crippen LogP) is 3.86. The maximum atomic E-state index is 13.7. The number of anilines is 2. The van der Waals surface area contributed by atoms with Crippen molar-refractivity contribution in [3.8, 4) is 0 Å². The molecule has 0 heterocycles. The smallest absolute Gasteiger partial charge is 0.247 e. The second-order valence-electron chi connectivity index (χ2n) is 5.73. The number of carbonyl (C=O) groups excluding carboxylic acids is 2. The van der Waals surface area contributed by atoms with E-state index in [1.165, 1.54) is 18.2 Å². The first kappa shape index (κ1) is 16.2. The highest BCUT2D eigenvalue weighted by atomic mass is 19.1. The first-order chi connectivity index (χ1) is 10.5. The van der Waals surface area contributed by atoms with Gasteiger partial charge in [0.25, 0.3) is 0 Å². The highest BCUT2D eigenvalue weighted by molar-refractivity contribution is 6.00. The van der Waals surface area contributed by atoms with Gasteiger partial charge in [0.05, 0.1) is 5.69 Å². The second-order valence-corrected chi connectivity index (χ2v) is 5.73. The Kier molecular flexibility index (Phi) is 4.96. The van der Waals surface area contributed by atoms with Gasteiger partial charge in [-0.3, -0.25) is 9.59 Å². The summed E-state index contributed by atoms with van der Waals surface area (Å²) < 4.78 is 13.7. The third kappa shape index (κ3) is 3.35. The van der Waals surface area contributed by atoms with Crippen LogP contribution in [0.3, 0.4) is 0 Å². The Bertz CT molecular complexity index is 594. The van der Waals surface area contributed by atoms with E-state index in [1.54, 1.807) is 0 Å². The van der Waals surface area contributed by atoms with E-state index in [-0.39, 0.29) is 17.0 Å². The molecule has 1 saturated carbocycles. The van der Waals surface area contributed by atoms with Crippen molar-refractivity contribution in [1.82, 2.24) is 0 Å². The van der Waals surface area contributed by atoms with Gasteiger partial charge in [-0.2, -0.15) is 0 Å². The number of amides is 2. The average molecular weight is 304 g/mol. The molecule has 0 saturated heterocycles. The summed E-state index contributed by atoms with van der Waals surface area (Å²) in [7, 11) is 0. The third-order valence-electron chi connectivity index (χ3n) is 4.19. The molecule has 118 valence electrons. The van der Waals surface area contributed by atoms with Crippen LogP contribution in [-0.4, -0.2) is 11.8 Å². The highest BCUT2D eigenvalue weighted by Gasteiger charge is 2.43. The first-order valence-corrected chi connectivity index (χ1v) is 7.55. The van der Waals surface area contributed by atoms with Gasteiger partial charge in [-0.15, -0.1) is 0 Å². The van der Waals surface area contributed by atoms with Crippen molar-refractivity contribution in [3.63, 3.8) is 0 Å². The summed E-state index contributed by atoms with van der Waals surface area (Å²) in [5, 5.41) is 5.23. The molecule has 1 fully saturated rings. The minimum Gasteiger partial charge on any atom is -0.326 e. The molecule has 0 unspecified atom stereocenters. The summed E-state index contributed by atoms with van der Waals surface area (Å²) in [6.45, 7) is 5.39. The van der Waals surface area contributed by atoms with E-state index in [0.717, 1.165) is 38.2 Å². The summed E-state index contributed by atoms with van der Waals surface area (Å²) in [5.41, 5.74) is 0.224. The number of benzene rings is 1. The fourth-order valence-electron chi connectivity index (χ4n) is 2.82. The van der Waals surface area contributed by atoms with Crippen LogP contribution in [0.25, 0.3) is 0 Å². The van der Waals surface area contributed by atoms with Crippen LogP contribution < -0.4 is 10.6 Å². The Hall–Kier alpha value is -2.17. The van der Waals surface area contributed by atoms with Gasteiger partial charge in [0.1, 0.15) is 5.82 Å². The van der Waals surface area contributed by atoms with E-state index in [2.05, 4.69) is 24.1 Å². The molecular formula is C17H21FN2O2. The van der Waals surface area contributed by atoms with Gasteiger partial charge >= 0.3 is 0 Å². The molecule has 1 aromatic carbocycles. The number of halogens is 1. The molecule has 22 heavy (non-hydrogen) atoms. The summed E-state index contributed by atoms with van der Waals surface area (Å²) in [6, 6.07) is 4.14. The number of carbonyl (C=O) groups is 2. The van der Waals surface area contributed by atoms with E-state index in [0.29, 0.717) is 5.69 Å². The standard InChI is InChI=1S/C17H21FN2O2/c1-3-8-17(9-5-10-17)16(22)19-12-6-7-13(18)14(11-12)20-15(21)4-2/h4,6-7,11H,2-3,5,8-10H2,1H3,(H,19,22)(H,20,21). The average Bonchev–Trinajstić information content (AvgIpc) is 2.46. The van der Waals surface area contributed by atoms with E-state index in [9.17, 15) is 14.0 Å². The molecule has 2 N–H and O–H groups in total. The fourth-order valence-corrected chi connectivity index (χ4v) is 2.82. The lowest BCUT2D eigenvalue weighted by atomic mass is 9.65. The molecule has 1 aliphatic carbocycles. The molecule has 2 rings (SSSR count). The Morgan fingerprint density at radius 1 is 1.36 bits per heavy atom. The van der Waals surface area contributed by atoms with Crippen molar-refractivity contribution >= 4 is 23.2 Å². The van der Waals surface area contributed by atoms with Crippen LogP contribution in [0.2, 0.25) is 0 Å². The first-order valence-electron chi connectivity index (χ1n) is 7.55. The lowest BCUT2D eigenvalue weighted by Crippen LogP contribution is -2.41. The van der Waals surface area contributed by atoms with Crippen molar-refractivity contribution < 1.29 is 14.0 Å². The maximum Gasteiger partial charge on any atom is 0.247 e. The van der Waals surface area contributed by atoms with E-state index >= 15 is 0 Å². The number of hydrogen-bond donors (Lipinski definition) is 2. The van der Waals surface area contributed by atoms with Crippen LogP contribution in [0, 0.1) is 11.2 Å². The van der Waals surface area contributed by atoms with Gasteiger partial charge in [-0.1, -0.05) is 26.3 Å². The zero-order chi connectivity index (χ0) is 16.2. The molecule has 4 nitrogen and oxygen atoms in total. The van der Waals surface area contributed by atoms with Gasteiger partial charge < -0.3 is 10.6 Å². The zero-order valence-electron chi connectivity index (χ0n) is 12.7. The molecule has 2 amide bonds. The molecule has 0 spiro atoms. The quantitative estimate of drug-likeness (QED) is 0.784. The van der Waals surface area contributed by atoms with Crippen molar-refractivity contribution in [2.24, 2.45) is 5.41 Å². The largest absolute Gasteiger partial charge is 0.326 e. The second kappa shape index (κ2) is 6.73. The Labute approximate surface area is 129 Å². The van der Waals surface area contributed by atoms with Crippen LogP contribution in [0.1, 0.15) is 39.0 Å². The van der Waals surface area contributed by atoms with E-state index < -0.39 is 11.7 Å². The number of nitrogens with one attached hydrogen (secondary N) is 2. The molecular weight excluding hydrogens is 283 g/mol. The van der Waals surface area contributed by atoms with E-state index in [1.807, 2.05) is 0 Å². The molecule has 0 bridgehead atoms. The van der Waals surface area contributed by atoms with Crippen LogP contribution in [-0.2, 0) is 9.59 Å². The molecule has 0 radical (unpaired) electrons. The molecule has 1 aliphatic rings. The topological polar surface area (TPSA) is 58.2 Å². The summed E-state index contributed by atoms with van der Waals surface area (Å²) in [5.74, 6) is -1.07. The monoisotopic (exact) mass is 304 g/mol. The molecule has 5 heteroatoms. The van der Waals surface area contributed by atoms with Crippen LogP contribution >= 0.6 is 0 Å². The summed E-state index contributed by atoms with van der Waals surface area (Å²) >= 11 is 0. The van der Waals surface area contributed by atoms with Crippen molar-refractivity contribution in [1.29, 1.82) is 0 Å². The maximum absolute atomic E-state index is 13.7. The highest BCUT2D eigenvalue weighted by Crippen LogP contribution is 2.45. The normalized spacial score (nSPS) is 15.5. The fraction of sp³-hybridized carbons (Fsp3) is 0.412. The molecule has 0 atom stereocenters. The van der Waals surface area contributed by atoms with Crippen LogP contribution in [0.5, 0.6) is 0 Å². The van der Waals surface area contributed by atoms with Crippen molar-refractivity contribution in [2.45, 2.75) is 39.0 Å². The van der Waals surface area contributed by atoms with Gasteiger partial charge in [-0.25, -0.2) is 4.39 Å². The Morgan fingerprint density at radius 3 is 2.64 bits per heavy atom. The van der Waals surface area contributed by atoms with Gasteiger partial charge in [0.15, 0.2) is 0 Å². The van der Waals surface area contributed by atoms with Crippen molar-refractivity contribution in [3.05, 3.63) is 36.7 Å². The Balaban J connectivity index is 2.12. The molecule has 0 aromatic heterocycles. The molecule has 0 aliphatic heterocycles. The molecule has 1 aromatic rings. The predicted molar refractivity (Wildman–Crippen MR) is 85.0 cm³/mol. The summed E-state index contributed by atoms with van der Waals surface area (Å²) in [4.78, 5) is 23.8. The minimum atomic E-state index is -0.555. The van der Waals surface area contributed by atoms with E-state index in [4.69, 9.17) is 0 Å². The lowest BCUT2D eigenvalue weighted by Gasteiger charge is -2.40. The lowest BCUT2D eigenvalue weighted by molar-refractivity contribution is -0.130.